The summed E-state index contributed by atoms with van der Waals surface area (Å²) in [5, 5.41) is 4.88. The van der Waals surface area contributed by atoms with Gasteiger partial charge in [0.25, 0.3) is 5.91 Å². The summed E-state index contributed by atoms with van der Waals surface area (Å²) >= 11 is 1.30. The van der Waals surface area contributed by atoms with Gasteiger partial charge in [-0.3, -0.25) is 15.1 Å². The first-order valence-corrected chi connectivity index (χ1v) is 7.84. The number of amides is 1. The number of ether oxygens (including phenoxy) is 1. The molecule has 8 heteroatoms. The van der Waals surface area contributed by atoms with Crippen LogP contribution in [0.5, 0.6) is 0 Å². The molecule has 0 saturated carbocycles. The Morgan fingerprint density at radius 3 is 2.75 bits per heavy atom. The van der Waals surface area contributed by atoms with Crippen LogP contribution in [0, 0.1) is 0 Å². The number of thiazole rings is 1. The number of hydrogen-bond donors (Lipinski definition) is 1. The number of carbonyl (C=O) groups is 2. The van der Waals surface area contributed by atoms with Crippen LogP contribution in [-0.2, 0) is 9.53 Å². The first-order valence-electron chi connectivity index (χ1n) is 6.96. The zero-order chi connectivity index (χ0) is 16.8. The molecule has 1 aromatic carbocycles. The highest BCUT2D eigenvalue weighted by Gasteiger charge is 2.13. The van der Waals surface area contributed by atoms with Gasteiger partial charge in [-0.2, -0.15) is 0 Å². The molecule has 2 aromatic heterocycles. The molecule has 0 aliphatic heterocycles. The molecule has 0 aliphatic rings. The molecule has 0 aliphatic carbocycles. The molecule has 3 aromatic rings. The van der Waals surface area contributed by atoms with Crippen molar-refractivity contribution in [2.75, 3.05) is 11.9 Å². The van der Waals surface area contributed by atoms with Gasteiger partial charge in [0.2, 0.25) is 0 Å². The van der Waals surface area contributed by atoms with E-state index in [1.54, 1.807) is 0 Å². The first kappa shape index (κ1) is 15.8. The highest BCUT2D eigenvalue weighted by molar-refractivity contribution is 7.14. The van der Waals surface area contributed by atoms with E-state index in [0.717, 1.165) is 11.3 Å². The van der Waals surface area contributed by atoms with Crippen molar-refractivity contribution < 1.29 is 14.3 Å². The molecule has 2 heterocycles. The van der Waals surface area contributed by atoms with E-state index in [2.05, 4.69) is 20.3 Å². The van der Waals surface area contributed by atoms with Crippen LogP contribution in [0.25, 0.3) is 11.3 Å². The second-order valence-electron chi connectivity index (χ2n) is 4.62. The van der Waals surface area contributed by atoms with Gasteiger partial charge in [-0.25, -0.2) is 14.8 Å². The lowest BCUT2D eigenvalue weighted by atomic mass is 10.2. The number of hydrogen-bond acceptors (Lipinski definition) is 7. The minimum atomic E-state index is -0.706. The molecular weight excluding hydrogens is 328 g/mol. The summed E-state index contributed by atoms with van der Waals surface area (Å²) in [6, 6.07) is 9.62. The van der Waals surface area contributed by atoms with Gasteiger partial charge in [0, 0.05) is 23.3 Å². The Kier molecular flexibility index (Phi) is 4.87. The van der Waals surface area contributed by atoms with Crippen molar-refractivity contribution in [3.05, 3.63) is 60.0 Å². The third-order valence-electron chi connectivity index (χ3n) is 2.93. The Labute approximate surface area is 141 Å². The van der Waals surface area contributed by atoms with Gasteiger partial charge in [0.1, 0.15) is 0 Å². The SMILES string of the molecule is O=C(COC(=O)c1cnccn1)Nc1nc(-c2ccccc2)cs1. The van der Waals surface area contributed by atoms with E-state index < -0.39 is 18.5 Å². The molecule has 0 spiro atoms. The third kappa shape index (κ3) is 3.99. The van der Waals surface area contributed by atoms with Crippen molar-refractivity contribution in [1.82, 2.24) is 15.0 Å². The Hall–Kier alpha value is -3.13. The summed E-state index contributed by atoms with van der Waals surface area (Å²) in [6.45, 7) is -0.421. The first-order chi connectivity index (χ1) is 11.7. The predicted molar refractivity (Wildman–Crippen MR) is 88.5 cm³/mol. The normalized spacial score (nSPS) is 10.2. The van der Waals surface area contributed by atoms with E-state index in [0.29, 0.717) is 5.13 Å². The largest absolute Gasteiger partial charge is 0.451 e. The van der Waals surface area contributed by atoms with Gasteiger partial charge >= 0.3 is 5.97 Å². The van der Waals surface area contributed by atoms with Crippen LogP contribution < -0.4 is 5.32 Å². The van der Waals surface area contributed by atoms with Gasteiger partial charge in [-0.05, 0) is 0 Å². The zero-order valence-corrected chi connectivity index (χ0v) is 13.2. The van der Waals surface area contributed by atoms with E-state index in [4.69, 9.17) is 4.74 Å². The fourth-order valence-electron chi connectivity index (χ4n) is 1.84. The Balaban J connectivity index is 1.54. The summed E-state index contributed by atoms with van der Waals surface area (Å²) < 4.78 is 4.88. The minimum Gasteiger partial charge on any atom is -0.451 e. The Bertz CT molecular complexity index is 837. The van der Waals surface area contributed by atoms with Crippen LogP contribution in [0.2, 0.25) is 0 Å². The molecule has 0 radical (unpaired) electrons. The van der Waals surface area contributed by atoms with Crippen molar-refractivity contribution >= 4 is 28.3 Å². The fourth-order valence-corrected chi connectivity index (χ4v) is 2.57. The molecule has 0 saturated heterocycles. The van der Waals surface area contributed by atoms with Crippen molar-refractivity contribution in [3.63, 3.8) is 0 Å². The lowest BCUT2D eigenvalue weighted by molar-refractivity contribution is -0.119. The maximum absolute atomic E-state index is 11.8. The summed E-state index contributed by atoms with van der Waals surface area (Å²) in [4.78, 5) is 35.4. The van der Waals surface area contributed by atoms with Crippen molar-refractivity contribution in [3.8, 4) is 11.3 Å². The van der Waals surface area contributed by atoms with Gasteiger partial charge < -0.3 is 4.74 Å². The van der Waals surface area contributed by atoms with E-state index in [1.807, 2.05) is 35.7 Å². The van der Waals surface area contributed by atoms with E-state index >= 15 is 0 Å². The average molecular weight is 340 g/mol. The number of rotatable bonds is 5. The highest BCUT2D eigenvalue weighted by Crippen LogP contribution is 2.24. The Morgan fingerprint density at radius 1 is 1.17 bits per heavy atom. The number of esters is 1. The topological polar surface area (TPSA) is 94.1 Å². The molecular formula is C16H12N4O3S. The van der Waals surface area contributed by atoms with Crippen LogP contribution in [-0.4, -0.2) is 33.4 Å². The second-order valence-corrected chi connectivity index (χ2v) is 5.48. The van der Waals surface area contributed by atoms with Gasteiger partial charge in [0.15, 0.2) is 17.4 Å². The monoisotopic (exact) mass is 340 g/mol. The molecule has 0 bridgehead atoms. The maximum atomic E-state index is 11.8. The number of carbonyl (C=O) groups excluding carboxylic acids is 2. The number of benzene rings is 1. The van der Waals surface area contributed by atoms with E-state index in [9.17, 15) is 9.59 Å². The average Bonchev–Trinajstić information content (AvgIpc) is 3.09. The van der Waals surface area contributed by atoms with Gasteiger partial charge in [-0.1, -0.05) is 30.3 Å². The lowest BCUT2D eigenvalue weighted by Crippen LogP contribution is -2.21. The number of aromatic nitrogens is 3. The predicted octanol–water partition coefficient (Wildman–Crippen LogP) is 2.40. The number of nitrogens with zero attached hydrogens (tertiary/aromatic N) is 3. The maximum Gasteiger partial charge on any atom is 0.359 e. The van der Waals surface area contributed by atoms with Crippen LogP contribution >= 0.6 is 11.3 Å². The minimum absolute atomic E-state index is 0.0471. The molecule has 120 valence electrons. The summed E-state index contributed by atoms with van der Waals surface area (Å²) in [6.07, 6.45) is 4.08. The molecule has 3 rings (SSSR count). The van der Waals surface area contributed by atoms with Crippen molar-refractivity contribution in [2.45, 2.75) is 0 Å². The molecule has 24 heavy (non-hydrogen) atoms. The zero-order valence-electron chi connectivity index (χ0n) is 12.4. The molecule has 0 fully saturated rings. The quantitative estimate of drug-likeness (QED) is 0.717. The second kappa shape index (κ2) is 7.42. The summed E-state index contributed by atoms with van der Waals surface area (Å²) in [7, 11) is 0. The van der Waals surface area contributed by atoms with E-state index in [1.165, 1.54) is 29.9 Å². The number of anilines is 1. The molecule has 0 atom stereocenters. The fraction of sp³-hybridized carbons (Fsp3) is 0.0625. The summed E-state index contributed by atoms with van der Waals surface area (Å²) in [5.41, 5.74) is 1.78. The van der Waals surface area contributed by atoms with Gasteiger partial charge in [-0.15, -0.1) is 11.3 Å². The lowest BCUT2D eigenvalue weighted by Gasteiger charge is -2.03. The van der Waals surface area contributed by atoms with Crippen LogP contribution in [0.15, 0.2) is 54.3 Å². The molecule has 0 unspecified atom stereocenters. The van der Waals surface area contributed by atoms with E-state index in [-0.39, 0.29) is 5.69 Å². The van der Waals surface area contributed by atoms with Crippen molar-refractivity contribution in [1.29, 1.82) is 0 Å². The standard InChI is InChI=1S/C16H12N4O3S/c21-14(9-23-15(22)12-8-17-6-7-18-12)20-16-19-13(10-24-16)11-4-2-1-3-5-11/h1-8,10H,9H2,(H,19,20,21). The summed E-state index contributed by atoms with van der Waals surface area (Å²) in [5.74, 6) is -1.18. The van der Waals surface area contributed by atoms with Crippen LogP contribution in [0.3, 0.4) is 0 Å². The van der Waals surface area contributed by atoms with Crippen LogP contribution in [0.1, 0.15) is 10.5 Å². The molecule has 7 nitrogen and oxygen atoms in total. The smallest absolute Gasteiger partial charge is 0.359 e. The molecule has 1 amide bonds. The highest BCUT2D eigenvalue weighted by atomic mass is 32.1. The number of nitrogens with one attached hydrogen (secondary N) is 1. The van der Waals surface area contributed by atoms with Crippen molar-refractivity contribution in [2.24, 2.45) is 0 Å². The Morgan fingerprint density at radius 2 is 2.00 bits per heavy atom. The van der Waals surface area contributed by atoms with Crippen LogP contribution in [0.4, 0.5) is 5.13 Å². The van der Waals surface area contributed by atoms with Gasteiger partial charge in [0.05, 0.1) is 11.9 Å². The third-order valence-corrected chi connectivity index (χ3v) is 3.68. The molecule has 1 N–H and O–H groups in total.